The first kappa shape index (κ1) is 30.4. The maximum absolute atomic E-state index is 8.97. The largest absolute Gasteiger partial charge is 0.394 e. The summed E-state index contributed by atoms with van der Waals surface area (Å²) >= 11 is 0. The summed E-state index contributed by atoms with van der Waals surface area (Å²) in [4.78, 5) is 0. The Balaban J connectivity index is -0.000000319. The Bertz CT molecular complexity index is 230. The second-order valence-electron chi connectivity index (χ2n) is 5.59. The van der Waals surface area contributed by atoms with Crippen molar-refractivity contribution >= 4 is 0 Å². The quantitative estimate of drug-likeness (QED) is 0.189. The lowest BCUT2D eigenvalue weighted by Gasteiger charge is -2.10. The summed E-state index contributed by atoms with van der Waals surface area (Å²) in [6, 6.07) is 0. The van der Waals surface area contributed by atoms with Crippen LogP contribution in [0.25, 0.3) is 0 Å². The lowest BCUT2D eigenvalue weighted by Crippen LogP contribution is -2.23. The minimum Gasteiger partial charge on any atom is -0.394 e. The average molecular weight is 388 g/mol. The first-order chi connectivity index (χ1) is 12.3. The van der Waals surface area contributed by atoms with Crippen molar-refractivity contribution in [2.45, 2.75) is 64.4 Å². The van der Waals surface area contributed by atoms with Crippen LogP contribution in [0, 0.1) is 0 Å². The van der Waals surface area contributed by atoms with Crippen molar-refractivity contribution in [3.63, 3.8) is 0 Å². The van der Waals surface area contributed by atoms with Gasteiger partial charge in [-0.15, -0.1) is 0 Å². The van der Waals surface area contributed by atoms with Crippen molar-refractivity contribution in [2.75, 3.05) is 46.2 Å². The molecule has 0 aliphatic heterocycles. The van der Waals surface area contributed by atoms with E-state index in [1.54, 1.807) is 0 Å². The van der Waals surface area contributed by atoms with Crippen molar-refractivity contribution < 1.29 is 45.2 Å². The smallest absolute Gasteiger partial charge is 0.100 e. The van der Waals surface area contributed by atoms with Gasteiger partial charge in [0.2, 0.25) is 0 Å². The molecule has 0 bridgehead atoms. The summed E-state index contributed by atoms with van der Waals surface area (Å²) < 4.78 is 9.80. The molecule has 0 spiro atoms. The molecule has 0 aromatic rings. The van der Waals surface area contributed by atoms with Gasteiger partial charge in [0.25, 0.3) is 0 Å². The third kappa shape index (κ3) is 28.4. The highest BCUT2D eigenvalue weighted by molar-refractivity contribution is 4.52. The molecule has 9 nitrogen and oxygen atoms in total. The minimum atomic E-state index is -0.834. The lowest BCUT2D eigenvalue weighted by molar-refractivity contribution is -0.0247. The van der Waals surface area contributed by atoms with Gasteiger partial charge in [0.15, 0.2) is 0 Å². The number of aliphatic hydroxyl groups is 7. The Morgan fingerprint density at radius 1 is 0.577 bits per heavy atom. The fourth-order valence-corrected chi connectivity index (χ4v) is 1.06. The van der Waals surface area contributed by atoms with E-state index >= 15 is 0 Å². The minimum absolute atomic E-state index is 0.0769. The van der Waals surface area contributed by atoms with Crippen molar-refractivity contribution in [3.8, 4) is 0 Å². The number of hydrogen-bond acceptors (Lipinski definition) is 9. The Labute approximate surface area is 156 Å². The molecule has 0 aromatic heterocycles. The van der Waals surface area contributed by atoms with Crippen molar-refractivity contribution in [3.05, 3.63) is 0 Å². The van der Waals surface area contributed by atoms with E-state index in [2.05, 4.69) is 0 Å². The van der Waals surface area contributed by atoms with Crippen LogP contribution in [0.1, 0.15) is 40.0 Å². The molecule has 4 unspecified atom stereocenters. The second-order valence-corrected chi connectivity index (χ2v) is 5.59. The second kappa shape index (κ2) is 24.6. The molecule has 0 saturated heterocycles. The Morgan fingerprint density at radius 2 is 0.962 bits per heavy atom. The molecule has 4 atom stereocenters. The maximum atomic E-state index is 8.97. The molecule has 0 saturated carbocycles. The lowest BCUT2D eigenvalue weighted by atomic mass is 10.3. The fraction of sp³-hybridized carbons (Fsp3) is 1.00. The predicted molar refractivity (Wildman–Crippen MR) is 97.8 cm³/mol. The van der Waals surface area contributed by atoms with Crippen LogP contribution in [0.3, 0.4) is 0 Å². The normalized spacial score (nSPS) is 15.0. The zero-order valence-corrected chi connectivity index (χ0v) is 16.3. The summed E-state index contributed by atoms with van der Waals surface area (Å²) in [7, 11) is 0. The van der Waals surface area contributed by atoms with Crippen LogP contribution in [0.2, 0.25) is 0 Å². The zero-order valence-electron chi connectivity index (χ0n) is 16.3. The van der Waals surface area contributed by atoms with E-state index in [9.17, 15) is 0 Å². The van der Waals surface area contributed by atoms with Gasteiger partial charge in [-0.05, 0) is 19.3 Å². The Kier molecular flexibility index (Phi) is 28.8. The zero-order chi connectivity index (χ0) is 20.8. The Morgan fingerprint density at radius 3 is 1.27 bits per heavy atom. The van der Waals surface area contributed by atoms with Crippen LogP contribution in [-0.2, 0) is 9.47 Å². The average Bonchev–Trinajstić information content (AvgIpc) is 2.67. The number of rotatable bonds is 13. The van der Waals surface area contributed by atoms with Crippen LogP contribution in [0.4, 0.5) is 0 Å². The van der Waals surface area contributed by atoms with E-state index in [1.807, 2.05) is 20.8 Å². The Hall–Kier alpha value is -0.360. The number of aliphatic hydroxyl groups excluding tert-OH is 7. The molecule has 0 aliphatic rings. The van der Waals surface area contributed by atoms with Gasteiger partial charge in [-0.3, -0.25) is 0 Å². The van der Waals surface area contributed by atoms with Gasteiger partial charge in [-0.1, -0.05) is 20.8 Å². The van der Waals surface area contributed by atoms with Crippen LogP contribution in [0.5, 0.6) is 0 Å². The molecular formula is C17H40O9. The van der Waals surface area contributed by atoms with E-state index in [0.717, 1.165) is 6.42 Å². The van der Waals surface area contributed by atoms with Gasteiger partial charge in [-0.25, -0.2) is 0 Å². The highest BCUT2D eigenvalue weighted by Crippen LogP contribution is 1.92. The molecule has 0 rings (SSSR count). The van der Waals surface area contributed by atoms with Gasteiger partial charge in [0.05, 0.1) is 51.8 Å². The molecule has 26 heavy (non-hydrogen) atoms. The van der Waals surface area contributed by atoms with Crippen LogP contribution in [-0.4, -0.2) is 106 Å². The first-order valence-electron chi connectivity index (χ1n) is 9.02. The van der Waals surface area contributed by atoms with Gasteiger partial charge < -0.3 is 45.2 Å². The van der Waals surface area contributed by atoms with E-state index in [-0.39, 0.29) is 39.6 Å². The third-order valence-corrected chi connectivity index (χ3v) is 2.85. The summed E-state index contributed by atoms with van der Waals surface area (Å²) in [6.45, 7) is 6.20. The molecule has 7 N–H and O–H groups in total. The molecule has 0 fully saturated rings. The molecule has 9 heteroatoms. The summed E-state index contributed by atoms with van der Waals surface area (Å²) in [5.41, 5.74) is 0. The molecule has 0 aliphatic carbocycles. The van der Waals surface area contributed by atoms with Gasteiger partial charge >= 0.3 is 0 Å². The fourth-order valence-electron chi connectivity index (χ4n) is 1.06. The molecule has 0 radical (unpaired) electrons. The van der Waals surface area contributed by atoms with Gasteiger partial charge in [0.1, 0.15) is 12.2 Å². The van der Waals surface area contributed by atoms with Crippen molar-refractivity contribution in [1.82, 2.24) is 0 Å². The topological polar surface area (TPSA) is 160 Å². The standard InChI is InChI=1S/C7H16O4.C6H14O3.C4H10O2/c1-2-6(9)4-11-5-7(10)3-8;1-2-3-9-5-6(8)4-7;1-2-4(6)3-5/h6-10H,2-5H2,1H3;6-8H,2-5H2,1H3;4-6H,2-3H2,1H3. The summed E-state index contributed by atoms with van der Waals surface area (Å²) in [5.74, 6) is 0. The van der Waals surface area contributed by atoms with Gasteiger partial charge in [0, 0.05) is 6.61 Å². The first-order valence-corrected chi connectivity index (χ1v) is 9.02. The molecule has 0 heterocycles. The number of hydrogen-bond donors (Lipinski definition) is 7. The highest BCUT2D eigenvalue weighted by atomic mass is 16.5. The van der Waals surface area contributed by atoms with Crippen LogP contribution in [0.15, 0.2) is 0 Å². The monoisotopic (exact) mass is 388 g/mol. The summed E-state index contributed by atoms with van der Waals surface area (Å²) in [5, 5.41) is 59.6. The van der Waals surface area contributed by atoms with Crippen molar-refractivity contribution in [1.29, 1.82) is 0 Å². The highest BCUT2D eigenvalue weighted by Gasteiger charge is 2.04. The molecular weight excluding hydrogens is 348 g/mol. The predicted octanol–water partition coefficient (Wildman–Crippen LogP) is -1.36. The summed E-state index contributed by atoms with van der Waals surface area (Å²) in [6.07, 6.45) is -0.314. The van der Waals surface area contributed by atoms with Crippen LogP contribution >= 0.6 is 0 Å². The van der Waals surface area contributed by atoms with Gasteiger partial charge in [-0.2, -0.15) is 0 Å². The van der Waals surface area contributed by atoms with E-state index < -0.39 is 24.4 Å². The SMILES string of the molecule is CCC(O)CO.CCC(O)COCC(O)CO.CCCOCC(O)CO. The van der Waals surface area contributed by atoms with E-state index in [1.165, 1.54) is 0 Å². The van der Waals surface area contributed by atoms with E-state index in [0.29, 0.717) is 19.4 Å². The number of ether oxygens (including phenoxy) is 2. The van der Waals surface area contributed by atoms with Crippen molar-refractivity contribution in [2.24, 2.45) is 0 Å². The third-order valence-electron chi connectivity index (χ3n) is 2.85. The molecule has 0 amide bonds. The van der Waals surface area contributed by atoms with Crippen LogP contribution < -0.4 is 0 Å². The maximum Gasteiger partial charge on any atom is 0.100 e. The molecule has 162 valence electrons. The van der Waals surface area contributed by atoms with E-state index in [4.69, 9.17) is 45.2 Å². The molecule has 0 aromatic carbocycles.